The molecule has 0 fully saturated rings. The number of fused-ring (bicyclic) bond motifs is 5. The number of nitrogens with zero attached hydrogens (tertiary/aromatic N) is 2. The number of nitrogens with one attached hydrogen (secondary N) is 1. The lowest BCUT2D eigenvalue weighted by molar-refractivity contribution is -0.189. The number of hydrogen-bond donors (Lipinski definition) is 3. The van der Waals surface area contributed by atoms with E-state index in [2.05, 4.69) is 5.32 Å². The Labute approximate surface area is 253 Å². The molecule has 232 valence electrons. The lowest BCUT2D eigenvalue weighted by atomic mass is 9.85. The Morgan fingerprint density at radius 2 is 1.91 bits per heavy atom. The molecule has 2 aliphatic heterocycles. The number of phenolic OH excluding ortho intramolecular Hbond substituents is 1. The van der Waals surface area contributed by atoms with E-state index in [4.69, 9.17) is 14.5 Å². The second-order valence-corrected chi connectivity index (χ2v) is 11.1. The standard InChI is InChI=1S/C32H35N3O9/c1-4-7-8-24(30(40)41)33-26(37)11-12-27(38)44-32(6-3)22-14-25-28-20(15-35(25)29(39)21(22)16-43-31(32)42)18(5-2)19-13-17(36)9-10-23(19)34-28/h9-10,13-14,24,36H,4-8,11-12,15-16H2,1-3H3,(H,33,37)(H,40,41). The minimum atomic E-state index is -1.92. The monoisotopic (exact) mass is 605 g/mol. The number of aromatic nitrogens is 2. The summed E-state index contributed by atoms with van der Waals surface area (Å²) in [5.74, 6) is -3.38. The molecule has 2 atom stereocenters. The second-order valence-electron chi connectivity index (χ2n) is 11.1. The minimum Gasteiger partial charge on any atom is -0.508 e. The number of unbranched alkanes of at least 4 members (excludes halogenated alkanes) is 1. The van der Waals surface area contributed by atoms with E-state index in [-0.39, 0.29) is 49.3 Å². The zero-order valence-corrected chi connectivity index (χ0v) is 24.9. The zero-order chi connectivity index (χ0) is 31.8. The number of carboxylic acids is 1. The molecule has 0 bridgehead atoms. The molecule has 1 aromatic carbocycles. The van der Waals surface area contributed by atoms with Gasteiger partial charge in [0.25, 0.3) is 5.56 Å². The van der Waals surface area contributed by atoms with Gasteiger partial charge < -0.3 is 29.6 Å². The van der Waals surface area contributed by atoms with Gasteiger partial charge in [0.05, 0.1) is 35.4 Å². The first-order valence-electron chi connectivity index (χ1n) is 14.9. The first-order chi connectivity index (χ1) is 21.0. The molecule has 0 spiro atoms. The van der Waals surface area contributed by atoms with Crippen molar-refractivity contribution in [1.29, 1.82) is 0 Å². The molecule has 0 saturated heterocycles. The summed E-state index contributed by atoms with van der Waals surface area (Å²) in [4.78, 5) is 68.9. The van der Waals surface area contributed by atoms with Crippen LogP contribution in [0.15, 0.2) is 29.1 Å². The van der Waals surface area contributed by atoms with Gasteiger partial charge in [0.15, 0.2) is 0 Å². The van der Waals surface area contributed by atoms with E-state index in [1.807, 2.05) is 13.8 Å². The second kappa shape index (κ2) is 12.1. The van der Waals surface area contributed by atoms with Gasteiger partial charge in [-0.25, -0.2) is 14.6 Å². The smallest absolute Gasteiger partial charge is 0.355 e. The van der Waals surface area contributed by atoms with Crippen LogP contribution in [0.25, 0.3) is 22.3 Å². The fourth-order valence-corrected chi connectivity index (χ4v) is 6.10. The van der Waals surface area contributed by atoms with E-state index in [0.29, 0.717) is 29.7 Å². The highest BCUT2D eigenvalue weighted by molar-refractivity contribution is 5.91. The Kier molecular flexibility index (Phi) is 8.44. The Morgan fingerprint density at radius 3 is 2.59 bits per heavy atom. The normalized spacial score (nSPS) is 17.3. The molecule has 3 N–H and O–H groups in total. The molecule has 1 amide bonds. The number of benzene rings is 1. The van der Waals surface area contributed by atoms with Gasteiger partial charge >= 0.3 is 17.9 Å². The fourth-order valence-electron chi connectivity index (χ4n) is 6.10. The first-order valence-corrected chi connectivity index (χ1v) is 14.9. The molecule has 2 aromatic heterocycles. The van der Waals surface area contributed by atoms with Crippen molar-refractivity contribution >= 4 is 34.7 Å². The molecule has 12 heteroatoms. The van der Waals surface area contributed by atoms with E-state index in [1.54, 1.807) is 35.8 Å². The van der Waals surface area contributed by atoms with Crippen molar-refractivity contribution in [2.24, 2.45) is 0 Å². The van der Waals surface area contributed by atoms with Crippen LogP contribution >= 0.6 is 0 Å². The predicted octanol–water partition coefficient (Wildman–Crippen LogP) is 3.44. The third-order valence-corrected chi connectivity index (χ3v) is 8.43. The molecule has 44 heavy (non-hydrogen) atoms. The summed E-state index contributed by atoms with van der Waals surface area (Å²) in [6, 6.07) is 5.50. The van der Waals surface area contributed by atoms with Crippen LogP contribution < -0.4 is 10.9 Å². The topological polar surface area (TPSA) is 174 Å². The highest BCUT2D eigenvalue weighted by Crippen LogP contribution is 2.42. The number of aliphatic carboxylic acids is 1. The number of carboxylic acid groups (broad SMARTS) is 1. The average Bonchev–Trinajstić information content (AvgIpc) is 3.37. The van der Waals surface area contributed by atoms with Crippen LogP contribution in [0, 0.1) is 0 Å². The molecule has 2 unspecified atom stereocenters. The summed E-state index contributed by atoms with van der Waals surface area (Å²) < 4.78 is 12.7. The maximum atomic E-state index is 13.8. The quantitative estimate of drug-likeness (QED) is 0.215. The predicted molar refractivity (Wildman–Crippen MR) is 158 cm³/mol. The molecule has 2 aliphatic rings. The highest BCUT2D eigenvalue weighted by Gasteiger charge is 2.50. The van der Waals surface area contributed by atoms with Crippen molar-refractivity contribution in [3.63, 3.8) is 0 Å². The van der Waals surface area contributed by atoms with Gasteiger partial charge in [0.1, 0.15) is 18.4 Å². The van der Waals surface area contributed by atoms with Crippen molar-refractivity contribution in [2.45, 2.75) is 90.5 Å². The summed E-state index contributed by atoms with van der Waals surface area (Å²) in [7, 11) is 0. The maximum Gasteiger partial charge on any atom is 0.355 e. The molecule has 0 aliphatic carbocycles. The van der Waals surface area contributed by atoms with Gasteiger partial charge in [0.2, 0.25) is 11.5 Å². The van der Waals surface area contributed by atoms with Gasteiger partial charge in [-0.05, 0) is 49.1 Å². The Balaban J connectivity index is 1.47. The molecular weight excluding hydrogens is 570 g/mol. The number of carbonyl (C=O) groups is 4. The largest absolute Gasteiger partial charge is 0.508 e. The van der Waals surface area contributed by atoms with E-state index in [0.717, 1.165) is 22.9 Å². The number of aromatic hydroxyl groups is 1. The lowest BCUT2D eigenvalue weighted by Gasteiger charge is -2.35. The van der Waals surface area contributed by atoms with E-state index < -0.39 is 47.4 Å². The number of aryl methyl sites for hydroxylation is 1. The van der Waals surface area contributed by atoms with Crippen LogP contribution in [0.2, 0.25) is 0 Å². The number of phenols is 1. The van der Waals surface area contributed by atoms with Crippen LogP contribution in [-0.2, 0) is 53.8 Å². The molecule has 12 nitrogen and oxygen atoms in total. The summed E-state index contributed by atoms with van der Waals surface area (Å²) in [5.41, 5.74) is 1.57. The molecule has 0 radical (unpaired) electrons. The van der Waals surface area contributed by atoms with Crippen molar-refractivity contribution in [3.8, 4) is 17.1 Å². The Bertz CT molecular complexity index is 1750. The average molecular weight is 606 g/mol. The van der Waals surface area contributed by atoms with Crippen molar-refractivity contribution in [3.05, 3.63) is 56.9 Å². The number of rotatable bonds is 11. The molecule has 5 rings (SSSR count). The van der Waals surface area contributed by atoms with Gasteiger partial charge in [-0.1, -0.05) is 33.6 Å². The minimum absolute atomic E-state index is 0.0325. The van der Waals surface area contributed by atoms with Crippen molar-refractivity contribution < 1.29 is 38.9 Å². The number of ether oxygens (including phenoxy) is 2. The molecule has 4 heterocycles. The van der Waals surface area contributed by atoms with Gasteiger partial charge in [-0.3, -0.25) is 14.4 Å². The maximum absolute atomic E-state index is 13.8. The first kappa shape index (κ1) is 30.7. The number of hydrogen-bond acceptors (Lipinski definition) is 9. The third kappa shape index (κ3) is 5.29. The van der Waals surface area contributed by atoms with Gasteiger partial charge in [-0.2, -0.15) is 0 Å². The Morgan fingerprint density at radius 1 is 1.14 bits per heavy atom. The van der Waals surface area contributed by atoms with Crippen LogP contribution in [-0.4, -0.2) is 49.6 Å². The number of pyridine rings is 2. The van der Waals surface area contributed by atoms with Crippen LogP contribution in [0.5, 0.6) is 5.75 Å². The van der Waals surface area contributed by atoms with Crippen LogP contribution in [0.4, 0.5) is 0 Å². The van der Waals surface area contributed by atoms with Crippen molar-refractivity contribution in [1.82, 2.24) is 14.9 Å². The number of carbonyl (C=O) groups excluding carboxylic acids is 3. The fraction of sp³-hybridized carbons (Fsp3) is 0.438. The van der Waals surface area contributed by atoms with Gasteiger partial charge in [0, 0.05) is 22.9 Å². The van der Waals surface area contributed by atoms with Gasteiger partial charge in [-0.15, -0.1) is 0 Å². The van der Waals surface area contributed by atoms with Crippen molar-refractivity contribution in [2.75, 3.05) is 0 Å². The molecular formula is C32H35N3O9. The molecule has 3 aromatic rings. The van der Waals surface area contributed by atoms with Crippen LogP contribution in [0.3, 0.4) is 0 Å². The summed E-state index contributed by atoms with van der Waals surface area (Å²) in [5, 5.41) is 22.7. The highest BCUT2D eigenvalue weighted by atomic mass is 16.6. The van der Waals surface area contributed by atoms with Crippen LogP contribution in [0.1, 0.15) is 81.5 Å². The van der Waals surface area contributed by atoms with E-state index in [9.17, 15) is 34.2 Å². The molecule has 0 saturated carbocycles. The Hall–Kier alpha value is -4.74. The summed E-state index contributed by atoms with van der Waals surface area (Å²) in [6.45, 7) is 5.48. The number of cyclic esters (lactones) is 1. The number of esters is 2. The summed E-state index contributed by atoms with van der Waals surface area (Å²) in [6.07, 6.45) is 1.48. The zero-order valence-electron chi connectivity index (χ0n) is 24.9. The number of amides is 1. The summed E-state index contributed by atoms with van der Waals surface area (Å²) >= 11 is 0. The SMILES string of the molecule is CCCCC(NC(=O)CCC(=O)OC1(CC)C(=O)OCc2c1cc1n(c2=O)Cc2c-1nc1ccc(O)cc1c2CC)C(=O)O. The van der Waals surface area contributed by atoms with E-state index >= 15 is 0 Å². The lowest BCUT2D eigenvalue weighted by Crippen LogP contribution is -2.47. The third-order valence-electron chi connectivity index (χ3n) is 8.43. The van der Waals surface area contributed by atoms with E-state index in [1.165, 1.54) is 0 Å².